The molecule has 0 amide bonds. The van der Waals surface area contributed by atoms with E-state index < -0.39 is 0 Å². The molecule has 0 radical (unpaired) electrons. The van der Waals surface area contributed by atoms with Crippen molar-refractivity contribution in [1.82, 2.24) is 4.98 Å². The molecule has 1 heterocycles. The lowest BCUT2D eigenvalue weighted by atomic mass is 10.1. The molecule has 0 aliphatic heterocycles. The largest absolute Gasteiger partial charge is 0.362 e. The van der Waals surface area contributed by atoms with Crippen molar-refractivity contribution >= 4 is 16.7 Å². The first-order chi connectivity index (χ1) is 8.15. The van der Waals surface area contributed by atoms with Crippen LogP contribution in [0.15, 0.2) is 24.3 Å². The number of hydrogen-bond acceptors (Lipinski definition) is 3. The standard InChI is InChI=1S/C14H15N3/c1-4-10-5-6-13-11(7-10)8-12(9-15)14(16-13)17(2)3/h5-8H,4H2,1-3H3. The fourth-order valence-corrected chi connectivity index (χ4v) is 1.86. The molecule has 0 bridgehead atoms. The van der Waals surface area contributed by atoms with Crippen molar-refractivity contribution in [1.29, 1.82) is 5.26 Å². The third-order valence-corrected chi connectivity index (χ3v) is 2.81. The molecule has 0 N–H and O–H groups in total. The van der Waals surface area contributed by atoms with Gasteiger partial charge in [-0.25, -0.2) is 4.98 Å². The average molecular weight is 225 g/mol. The zero-order chi connectivity index (χ0) is 12.4. The molecular weight excluding hydrogens is 210 g/mol. The zero-order valence-corrected chi connectivity index (χ0v) is 10.4. The minimum atomic E-state index is 0.621. The van der Waals surface area contributed by atoms with Crippen molar-refractivity contribution in [3.8, 4) is 6.07 Å². The highest BCUT2D eigenvalue weighted by Crippen LogP contribution is 2.22. The summed E-state index contributed by atoms with van der Waals surface area (Å²) < 4.78 is 0. The molecule has 3 nitrogen and oxygen atoms in total. The minimum Gasteiger partial charge on any atom is -0.362 e. The number of nitriles is 1. The highest BCUT2D eigenvalue weighted by Gasteiger charge is 2.08. The highest BCUT2D eigenvalue weighted by molar-refractivity contribution is 5.83. The van der Waals surface area contributed by atoms with Gasteiger partial charge in [0.15, 0.2) is 0 Å². The van der Waals surface area contributed by atoms with Gasteiger partial charge >= 0.3 is 0 Å². The van der Waals surface area contributed by atoms with E-state index in [2.05, 4.69) is 30.1 Å². The maximum atomic E-state index is 9.14. The fourth-order valence-electron chi connectivity index (χ4n) is 1.86. The summed E-state index contributed by atoms with van der Waals surface area (Å²) in [5, 5.41) is 10.2. The third kappa shape index (κ3) is 2.07. The Bertz CT molecular complexity index is 594. The van der Waals surface area contributed by atoms with Gasteiger partial charge < -0.3 is 4.90 Å². The Morgan fingerprint density at radius 1 is 1.29 bits per heavy atom. The van der Waals surface area contributed by atoms with Crippen LogP contribution in [0.5, 0.6) is 0 Å². The Labute approximate surface area is 101 Å². The molecule has 86 valence electrons. The summed E-state index contributed by atoms with van der Waals surface area (Å²) in [6.07, 6.45) is 0.993. The number of aromatic nitrogens is 1. The Morgan fingerprint density at radius 3 is 2.65 bits per heavy atom. The summed E-state index contributed by atoms with van der Waals surface area (Å²) in [6.45, 7) is 2.12. The normalized spacial score (nSPS) is 10.2. The Balaban J connectivity index is 2.70. The first-order valence-electron chi connectivity index (χ1n) is 5.66. The number of aryl methyl sites for hydroxylation is 1. The van der Waals surface area contributed by atoms with Crippen LogP contribution in [0.4, 0.5) is 5.82 Å². The molecule has 0 fully saturated rings. The fraction of sp³-hybridized carbons (Fsp3) is 0.286. The molecule has 0 saturated carbocycles. The number of rotatable bonds is 2. The summed E-state index contributed by atoms with van der Waals surface area (Å²) >= 11 is 0. The summed E-state index contributed by atoms with van der Waals surface area (Å²) in [4.78, 5) is 6.39. The Hall–Kier alpha value is -2.08. The minimum absolute atomic E-state index is 0.621. The van der Waals surface area contributed by atoms with Gasteiger partial charge in [0, 0.05) is 19.5 Å². The second-order valence-corrected chi connectivity index (χ2v) is 4.25. The van der Waals surface area contributed by atoms with E-state index in [9.17, 15) is 0 Å². The van der Waals surface area contributed by atoms with Crippen LogP contribution in [0, 0.1) is 11.3 Å². The molecule has 2 rings (SSSR count). The van der Waals surface area contributed by atoms with Crippen LogP contribution in [0.3, 0.4) is 0 Å². The lowest BCUT2D eigenvalue weighted by Gasteiger charge is -2.14. The van der Waals surface area contributed by atoms with Crippen LogP contribution >= 0.6 is 0 Å². The number of benzene rings is 1. The Kier molecular flexibility index (Phi) is 2.97. The lowest BCUT2D eigenvalue weighted by Crippen LogP contribution is -2.12. The second-order valence-electron chi connectivity index (χ2n) is 4.25. The molecule has 1 aromatic carbocycles. The van der Waals surface area contributed by atoms with Gasteiger partial charge in [-0.15, -0.1) is 0 Å². The van der Waals surface area contributed by atoms with Crippen LogP contribution in [0.25, 0.3) is 10.9 Å². The third-order valence-electron chi connectivity index (χ3n) is 2.81. The van der Waals surface area contributed by atoms with Crippen molar-refractivity contribution in [2.75, 3.05) is 19.0 Å². The summed E-state index contributed by atoms with van der Waals surface area (Å²) in [7, 11) is 3.80. The van der Waals surface area contributed by atoms with Crippen molar-refractivity contribution < 1.29 is 0 Å². The van der Waals surface area contributed by atoms with Crippen molar-refractivity contribution in [2.24, 2.45) is 0 Å². The van der Waals surface area contributed by atoms with Gasteiger partial charge in [0.25, 0.3) is 0 Å². The van der Waals surface area contributed by atoms with E-state index in [4.69, 9.17) is 5.26 Å². The van der Waals surface area contributed by atoms with Crippen LogP contribution in [-0.4, -0.2) is 19.1 Å². The molecule has 3 heteroatoms. The van der Waals surface area contributed by atoms with E-state index in [1.54, 1.807) is 0 Å². The molecule has 0 aliphatic carbocycles. The predicted octanol–water partition coefficient (Wildman–Crippen LogP) is 2.73. The van der Waals surface area contributed by atoms with E-state index >= 15 is 0 Å². The van der Waals surface area contributed by atoms with E-state index in [1.807, 2.05) is 31.1 Å². The van der Waals surface area contributed by atoms with Gasteiger partial charge in [0.1, 0.15) is 11.9 Å². The van der Waals surface area contributed by atoms with Crippen LogP contribution < -0.4 is 4.90 Å². The maximum absolute atomic E-state index is 9.14. The quantitative estimate of drug-likeness (QED) is 0.789. The van der Waals surface area contributed by atoms with Gasteiger partial charge in [0.2, 0.25) is 0 Å². The molecule has 0 atom stereocenters. The van der Waals surface area contributed by atoms with E-state index in [0.29, 0.717) is 5.56 Å². The monoisotopic (exact) mass is 225 g/mol. The van der Waals surface area contributed by atoms with Crippen LogP contribution in [0.1, 0.15) is 18.1 Å². The number of fused-ring (bicyclic) bond motifs is 1. The number of pyridine rings is 1. The molecule has 0 spiro atoms. The molecule has 0 aliphatic rings. The second kappa shape index (κ2) is 4.42. The van der Waals surface area contributed by atoms with Gasteiger partial charge in [-0.1, -0.05) is 13.0 Å². The number of hydrogen-bond donors (Lipinski definition) is 0. The topological polar surface area (TPSA) is 39.9 Å². The molecule has 17 heavy (non-hydrogen) atoms. The van der Waals surface area contributed by atoms with Crippen molar-refractivity contribution in [3.63, 3.8) is 0 Å². The maximum Gasteiger partial charge on any atom is 0.146 e. The van der Waals surface area contributed by atoms with Crippen molar-refractivity contribution in [2.45, 2.75) is 13.3 Å². The summed E-state index contributed by atoms with van der Waals surface area (Å²) in [5.41, 5.74) is 2.82. The zero-order valence-electron chi connectivity index (χ0n) is 10.4. The highest BCUT2D eigenvalue weighted by atomic mass is 15.1. The predicted molar refractivity (Wildman–Crippen MR) is 70.2 cm³/mol. The van der Waals surface area contributed by atoms with Gasteiger partial charge in [-0.05, 0) is 30.2 Å². The molecule has 1 aromatic heterocycles. The van der Waals surface area contributed by atoms with Gasteiger partial charge in [-0.2, -0.15) is 5.26 Å². The average Bonchev–Trinajstić information content (AvgIpc) is 2.36. The SMILES string of the molecule is CCc1ccc2nc(N(C)C)c(C#N)cc2c1. The number of nitrogens with zero attached hydrogens (tertiary/aromatic N) is 3. The van der Waals surface area contributed by atoms with Crippen molar-refractivity contribution in [3.05, 3.63) is 35.4 Å². The molecular formula is C14H15N3. The summed E-state index contributed by atoms with van der Waals surface area (Å²) in [6, 6.07) is 10.3. The van der Waals surface area contributed by atoms with E-state index in [1.165, 1.54) is 5.56 Å². The van der Waals surface area contributed by atoms with Gasteiger partial charge in [-0.3, -0.25) is 0 Å². The molecule has 0 unspecified atom stereocenters. The van der Waals surface area contributed by atoms with Crippen LogP contribution in [-0.2, 0) is 6.42 Å². The first-order valence-corrected chi connectivity index (χ1v) is 5.66. The van der Waals surface area contributed by atoms with Gasteiger partial charge in [0.05, 0.1) is 11.1 Å². The van der Waals surface area contributed by atoms with Crippen LogP contribution in [0.2, 0.25) is 0 Å². The molecule has 0 saturated heterocycles. The van der Waals surface area contributed by atoms with E-state index in [-0.39, 0.29) is 0 Å². The first kappa shape index (κ1) is 11.4. The lowest BCUT2D eigenvalue weighted by molar-refractivity contribution is 1.07. The smallest absolute Gasteiger partial charge is 0.146 e. The van der Waals surface area contributed by atoms with E-state index in [0.717, 1.165) is 23.1 Å². The number of anilines is 1. The molecule has 2 aromatic rings. The Morgan fingerprint density at radius 2 is 2.06 bits per heavy atom. The summed E-state index contributed by atoms with van der Waals surface area (Å²) in [5.74, 6) is 0.726.